The fourth-order valence-electron chi connectivity index (χ4n) is 1.84. The second kappa shape index (κ2) is 2.87. The van der Waals surface area contributed by atoms with Gasteiger partial charge in [0.1, 0.15) is 0 Å². The minimum absolute atomic E-state index is 0.482. The molecule has 1 aliphatic carbocycles. The van der Waals surface area contributed by atoms with E-state index in [2.05, 4.69) is 0 Å². The molecule has 2 rings (SSSR count). The number of aryl methyl sites for hydroxylation is 1. The van der Waals surface area contributed by atoms with Crippen molar-refractivity contribution in [3.05, 3.63) is 33.4 Å². The third-order valence-corrected chi connectivity index (χ3v) is 2.55. The summed E-state index contributed by atoms with van der Waals surface area (Å²) in [5.41, 5.74) is 1.81. The van der Waals surface area contributed by atoms with Gasteiger partial charge in [0.2, 0.25) is 6.20 Å². The van der Waals surface area contributed by atoms with Gasteiger partial charge in [-0.25, -0.2) is 0 Å². The predicted octanol–water partition coefficient (Wildman–Crippen LogP) is 0.936. The van der Waals surface area contributed by atoms with Crippen molar-refractivity contribution in [1.82, 2.24) is 4.73 Å². The molecule has 1 heterocycles. The van der Waals surface area contributed by atoms with Gasteiger partial charge in [0.15, 0.2) is 0 Å². The van der Waals surface area contributed by atoms with Crippen molar-refractivity contribution in [2.75, 3.05) is 0 Å². The molecular weight excluding hydrogens is 168 g/mol. The summed E-state index contributed by atoms with van der Waals surface area (Å²) >= 11 is 0. The lowest BCUT2D eigenvalue weighted by molar-refractivity contribution is -0.507. The van der Waals surface area contributed by atoms with Gasteiger partial charge in [-0.2, -0.15) is 0 Å². The molecule has 0 unspecified atom stereocenters. The summed E-state index contributed by atoms with van der Waals surface area (Å²) < 4.78 is 1.74. The van der Waals surface area contributed by atoms with Gasteiger partial charge < -0.3 is 9.94 Å². The quantitative estimate of drug-likeness (QED) is 0.558. The van der Waals surface area contributed by atoms with Gasteiger partial charge in [-0.3, -0.25) is 0 Å². The van der Waals surface area contributed by atoms with Crippen molar-refractivity contribution in [2.24, 2.45) is 0 Å². The fraction of sp³-hybridized carbons (Fsp3) is 0.556. The van der Waals surface area contributed by atoms with Crippen LogP contribution in [0.25, 0.3) is 0 Å². The average molecular weight is 180 g/mol. The first kappa shape index (κ1) is 8.29. The first-order valence-electron chi connectivity index (χ1n) is 4.54. The Morgan fingerprint density at radius 3 is 2.92 bits per heavy atom. The van der Waals surface area contributed by atoms with Gasteiger partial charge in [0, 0.05) is 11.3 Å². The molecule has 1 aromatic rings. The maximum absolute atomic E-state index is 11.5. The molecule has 0 N–H and O–H groups in total. The lowest BCUT2D eigenvalue weighted by Gasteiger charge is -2.21. The molecular formula is C9H12N2O2. The maximum atomic E-state index is 11.5. The molecule has 0 aliphatic heterocycles. The molecule has 0 fully saturated rings. The number of fused-ring (bicyclic) bond motifs is 1. The Morgan fingerprint density at radius 2 is 2.15 bits per heavy atom. The Kier molecular flexibility index (Phi) is 1.83. The minimum atomic E-state index is 0.482. The van der Waals surface area contributed by atoms with Crippen molar-refractivity contribution in [2.45, 2.75) is 32.6 Å². The van der Waals surface area contributed by atoms with E-state index in [0.717, 1.165) is 34.8 Å². The Labute approximate surface area is 76.0 Å². The molecule has 0 saturated heterocycles. The maximum Gasteiger partial charge on any atom is 0.258 e. The number of rotatable bonds is 0. The number of aromatic nitrogens is 2. The molecule has 4 heteroatoms. The standard InChI is InChI=1S/C9H12N2O2/c1-7-6-10(12)8-4-2-3-5-9(8)11(7)13/h6H,2-5H2,1H3. The lowest BCUT2D eigenvalue weighted by Crippen LogP contribution is -2.29. The summed E-state index contributed by atoms with van der Waals surface area (Å²) in [5.74, 6) is 0. The number of nitrogens with zero attached hydrogens (tertiary/aromatic N) is 2. The monoisotopic (exact) mass is 180 g/mol. The second-order valence-electron chi connectivity index (χ2n) is 3.49. The van der Waals surface area contributed by atoms with Crippen LogP contribution < -0.4 is 4.43 Å². The van der Waals surface area contributed by atoms with Crippen molar-refractivity contribution in [1.29, 1.82) is 0 Å². The molecule has 0 bridgehead atoms. The molecule has 70 valence electrons. The highest BCUT2D eigenvalue weighted by Gasteiger charge is 2.21. The van der Waals surface area contributed by atoms with Gasteiger partial charge in [-0.05, 0) is 26.2 Å². The Balaban J connectivity index is 2.70. The highest BCUT2D eigenvalue weighted by Crippen LogP contribution is 2.17. The van der Waals surface area contributed by atoms with Crippen molar-refractivity contribution in [3.8, 4) is 0 Å². The fourth-order valence-corrected chi connectivity index (χ4v) is 1.84. The summed E-state index contributed by atoms with van der Waals surface area (Å²) in [6, 6.07) is 0. The van der Waals surface area contributed by atoms with Crippen LogP contribution in [0.3, 0.4) is 0 Å². The van der Waals surface area contributed by atoms with Crippen LogP contribution in [0, 0.1) is 17.0 Å². The molecule has 0 radical (unpaired) electrons. The highest BCUT2D eigenvalue weighted by atomic mass is 16.5. The first-order chi connectivity index (χ1) is 6.20. The van der Waals surface area contributed by atoms with Crippen LogP contribution in [0.4, 0.5) is 0 Å². The van der Waals surface area contributed by atoms with Crippen molar-refractivity contribution >= 4 is 0 Å². The zero-order valence-corrected chi connectivity index (χ0v) is 7.62. The van der Waals surface area contributed by atoms with Gasteiger partial charge in [-0.15, -0.1) is 0 Å². The molecule has 0 spiro atoms. The van der Waals surface area contributed by atoms with E-state index in [-0.39, 0.29) is 0 Å². The van der Waals surface area contributed by atoms with Crippen LogP contribution >= 0.6 is 0 Å². The zero-order chi connectivity index (χ0) is 9.42. The summed E-state index contributed by atoms with van der Waals surface area (Å²) in [6.45, 7) is 1.66. The third-order valence-electron chi connectivity index (χ3n) is 2.55. The van der Waals surface area contributed by atoms with Gasteiger partial charge in [0.25, 0.3) is 5.69 Å². The molecule has 0 saturated carbocycles. The van der Waals surface area contributed by atoms with Crippen LogP contribution in [0.15, 0.2) is 6.20 Å². The van der Waals surface area contributed by atoms with E-state index in [4.69, 9.17) is 0 Å². The molecule has 13 heavy (non-hydrogen) atoms. The first-order valence-corrected chi connectivity index (χ1v) is 4.54. The number of hydrogen-bond donors (Lipinski definition) is 0. The van der Waals surface area contributed by atoms with Gasteiger partial charge in [-0.1, -0.05) is 0 Å². The topological polar surface area (TPSA) is 51.0 Å². The normalized spacial score (nSPS) is 15.5. The van der Waals surface area contributed by atoms with Gasteiger partial charge in [0.05, 0.1) is 15.8 Å². The SMILES string of the molecule is Cc1c[n+](=O)c2c(n1[O-])CCCC2. The lowest BCUT2D eigenvalue weighted by atomic mass is 10.0. The van der Waals surface area contributed by atoms with Gasteiger partial charge >= 0.3 is 0 Å². The van der Waals surface area contributed by atoms with E-state index in [1.165, 1.54) is 6.20 Å². The average Bonchev–Trinajstić information content (AvgIpc) is 2.15. The van der Waals surface area contributed by atoms with E-state index >= 15 is 0 Å². The molecule has 4 nitrogen and oxygen atoms in total. The van der Waals surface area contributed by atoms with E-state index in [1.807, 2.05) is 0 Å². The Morgan fingerprint density at radius 1 is 1.46 bits per heavy atom. The van der Waals surface area contributed by atoms with Crippen LogP contribution in [0.5, 0.6) is 0 Å². The van der Waals surface area contributed by atoms with E-state index in [9.17, 15) is 10.1 Å². The van der Waals surface area contributed by atoms with Crippen LogP contribution in [0.2, 0.25) is 0 Å². The van der Waals surface area contributed by atoms with Crippen LogP contribution in [0.1, 0.15) is 29.9 Å². The van der Waals surface area contributed by atoms with E-state index < -0.39 is 0 Å². The second-order valence-corrected chi connectivity index (χ2v) is 3.49. The predicted molar refractivity (Wildman–Crippen MR) is 47.9 cm³/mol. The van der Waals surface area contributed by atoms with Crippen molar-refractivity contribution < 1.29 is 4.43 Å². The van der Waals surface area contributed by atoms with Crippen LogP contribution in [-0.2, 0) is 12.8 Å². The molecule has 1 aliphatic rings. The summed E-state index contributed by atoms with van der Waals surface area (Å²) in [5, 5.41) is 11.5. The number of hydrogen-bond acceptors (Lipinski definition) is 2. The molecule has 1 aromatic heterocycles. The molecule has 0 atom stereocenters. The minimum Gasteiger partial charge on any atom is -0.805 e. The Bertz CT molecular complexity index is 395. The van der Waals surface area contributed by atoms with Crippen molar-refractivity contribution in [3.63, 3.8) is 0 Å². The third kappa shape index (κ3) is 1.22. The van der Waals surface area contributed by atoms with E-state index in [1.54, 1.807) is 6.92 Å². The van der Waals surface area contributed by atoms with Crippen LogP contribution in [-0.4, -0.2) is 4.73 Å². The summed E-state index contributed by atoms with van der Waals surface area (Å²) in [6.07, 6.45) is 4.86. The Hall–Kier alpha value is -1.32. The zero-order valence-electron chi connectivity index (χ0n) is 7.62. The molecule has 0 aromatic carbocycles. The summed E-state index contributed by atoms with van der Waals surface area (Å²) in [7, 11) is 0. The summed E-state index contributed by atoms with van der Waals surface area (Å²) in [4.78, 5) is 11.4. The molecule has 0 amide bonds. The van der Waals surface area contributed by atoms with E-state index in [0.29, 0.717) is 17.1 Å². The smallest absolute Gasteiger partial charge is 0.258 e. The largest absolute Gasteiger partial charge is 0.805 e. The highest BCUT2D eigenvalue weighted by molar-refractivity contribution is 5.15.